The molecule has 3 N–H and O–H groups in total. The molecule has 0 radical (unpaired) electrons. The number of nitrogens with one attached hydrogen (secondary N) is 2. The van der Waals surface area contributed by atoms with Gasteiger partial charge in [0, 0.05) is 29.6 Å². The van der Waals surface area contributed by atoms with E-state index in [2.05, 4.69) is 27.8 Å². The van der Waals surface area contributed by atoms with Gasteiger partial charge >= 0.3 is 0 Å². The van der Waals surface area contributed by atoms with Gasteiger partial charge in [-0.25, -0.2) is 0 Å². The number of carbonyl (C=O) groups is 1. The predicted molar refractivity (Wildman–Crippen MR) is 104 cm³/mol. The molecule has 0 aliphatic heterocycles. The minimum Gasteiger partial charge on any atom is -0.492 e. The number of benzene rings is 1. The molecule has 4 rings (SSSR count). The number of halogens is 1. The Labute approximate surface area is 161 Å². The molecule has 136 valence electrons. The van der Waals surface area contributed by atoms with E-state index in [0.29, 0.717) is 41.4 Å². The number of carbonyl (C=O) groups excluding carboxylic acids is 1. The minimum absolute atomic E-state index is 0.0493. The van der Waals surface area contributed by atoms with Crippen LogP contribution in [-0.2, 0) is 6.42 Å². The highest BCUT2D eigenvalue weighted by molar-refractivity contribution is 7.15. The van der Waals surface area contributed by atoms with Crippen molar-refractivity contribution in [1.29, 1.82) is 0 Å². The predicted octanol–water partition coefficient (Wildman–Crippen LogP) is 3.85. The van der Waals surface area contributed by atoms with Crippen molar-refractivity contribution >= 4 is 34.0 Å². The molecule has 2 aliphatic rings. The van der Waals surface area contributed by atoms with Crippen LogP contribution in [0.5, 0.6) is 5.88 Å². The molecule has 3 unspecified atom stereocenters. The number of thiazole rings is 1. The van der Waals surface area contributed by atoms with Crippen LogP contribution >= 0.6 is 22.9 Å². The SMILES string of the molecule is O=C(NCCc1sc(NC2CC3C=CC2C3)nc1O)c1cccc(Cl)c1. The molecule has 1 amide bonds. The third-order valence-electron chi connectivity index (χ3n) is 4.99. The number of aromatic nitrogens is 1. The summed E-state index contributed by atoms with van der Waals surface area (Å²) >= 11 is 7.36. The highest BCUT2D eigenvalue weighted by Gasteiger charge is 2.36. The summed E-state index contributed by atoms with van der Waals surface area (Å²) in [5.74, 6) is 1.13. The molecule has 3 atom stereocenters. The Bertz CT molecular complexity index is 851. The maximum Gasteiger partial charge on any atom is 0.251 e. The van der Waals surface area contributed by atoms with Crippen LogP contribution in [0.25, 0.3) is 0 Å². The van der Waals surface area contributed by atoms with E-state index in [4.69, 9.17) is 11.6 Å². The first kappa shape index (κ1) is 17.4. The second-order valence-corrected chi connectivity index (χ2v) is 8.33. The van der Waals surface area contributed by atoms with E-state index in [0.717, 1.165) is 16.4 Å². The fraction of sp³-hybridized carbons (Fsp3) is 0.368. The second-order valence-electron chi connectivity index (χ2n) is 6.81. The summed E-state index contributed by atoms with van der Waals surface area (Å²) in [6.45, 7) is 0.428. The van der Waals surface area contributed by atoms with Gasteiger partial charge in [-0.15, -0.1) is 0 Å². The van der Waals surface area contributed by atoms with Crippen molar-refractivity contribution in [1.82, 2.24) is 10.3 Å². The fourth-order valence-corrected chi connectivity index (χ4v) is 4.80. The number of hydrogen-bond donors (Lipinski definition) is 3. The van der Waals surface area contributed by atoms with Crippen molar-refractivity contribution in [3.63, 3.8) is 0 Å². The highest BCUT2D eigenvalue weighted by atomic mass is 35.5. The van der Waals surface area contributed by atoms with E-state index in [1.54, 1.807) is 24.3 Å². The lowest BCUT2D eigenvalue weighted by molar-refractivity contribution is 0.0954. The minimum atomic E-state index is -0.177. The number of rotatable bonds is 6. The van der Waals surface area contributed by atoms with Crippen molar-refractivity contribution in [3.05, 3.63) is 51.9 Å². The van der Waals surface area contributed by atoms with Gasteiger partial charge in [0.25, 0.3) is 5.91 Å². The van der Waals surface area contributed by atoms with Gasteiger partial charge in [-0.05, 0) is 42.9 Å². The lowest BCUT2D eigenvalue weighted by atomic mass is 10.0. The summed E-state index contributed by atoms with van der Waals surface area (Å²) in [4.78, 5) is 17.1. The van der Waals surface area contributed by atoms with E-state index in [1.807, 2.05) is 0 Å². The van der Waals surface area contributed by atoms with Crippen molar-refractivity contribution in [2.75, 3.05) is 11.9 Å². The van der Waals surface area contributed by atoms with Crippen LogP contribution < -0.4 is 10.6 Å². The number of nitrogens with zero attached hydrogens (tertiary/aromatic N) is 1. The van der Waals surface area contributed by atoms with Gasteiger partial charge in [0.2, 0.25) is 5.88 Å². The van der Waals surface area contributed by atoms with E-state index in [1.165, 1.54) is 17.8 Å². The molecule has 5 nitrogen and oxygen atoms in total. The molecule has 1 fully saturated rings. The van der Waals surface area contributed by atoms with Crippen molar-refractivity contribution in [3.8, 4) is 5.88 Å². The van der Waals surface area contributed by atoms with Gasteiger partial charge in [0.15, 0.2) is 5.13 Å². The average Bonchev–Trinajstić information content (AvgIpc) is 3.31. The first-order chi connectivity index (χ1) is 12.6. The molecule has 0 saturated heterocycles. The van der Waals surface area contributed by atoms with Gasteiger partial charge < -0.3 is 15.7 Å². The van der Waals surface area contributed by atoms with Gasteiger partial charge in [-0.1, -0.05) is 41.2 Å². The number of anilines is 1. The van der Waals surface area contributed by atoms with Crippen molar-refractivity contribution in [2.45, 2.75) is 25.3 Å². The molecule has 0 spiro atoms. The van der Waals surface area contributed by atoms with E-state index < -0.39 is 0 Å². The zero-order chi connectivity index (χ0) is 18.1. The first-order valence-electron chi connectivity index (χ1n) is 8.76. The van der Waals surface area contributed by atoms with Crippen LogP contribution in [0.1, 0.15) is 28.1 Å². The third-order valence-corrected chi connectivity index (χ3v) is 6.26. The molecule has 1 aromatic heterocycles. The van der Waals surface area contributed by atoms with Crippen molar-refractivity contribution < 1.29 is 9.90 Å². The second kappa shape index (κ2) is 7.29. The lowest BCUT2D eigenvalue weighted by Crippen LogP contribution is -2.25. The summed E-state index contributed by atoms with van der Waals surface area (Å²) in [7, 11) is 0. The Morgan fingerprint density at radius 3 is 2.96 bits per heavy atom. The topological polar surface area (TPSA) is 74.2 Å². The summed E-state index contributed by atoms with van der Waals surface area (Å²) in [6, 6.07) is 7.23. The Morgan fingerprint density at radius 1 is 1.35 bits per heavy atom. The zero-order valence-corrected chi connectivity index (χ0v) is 15.7. The van der Waals surface area contributed by atoms with Crippen LogP contribution in [0.15, 0.2) is 36.4 Å². The summed E-state index contributed by atoms with van der Waals surface area (Å²) < 4.78 is 0. The largest absolute Gasteiger partial charge is 0.492 e. The van der Waals surface area contributed by atoms with E-state index >= 15 is 0 Å². The molecule has 1 heterocycles. The number of aromatic hydroxyl groups is 1. The maximum atomic E-state index is 12.1. The Balaban J connectivity index is 1.30. The highest BCUT2D eigenvalue weighted by Crippen LogP contribution is 2.41. The first-order valence-corrected chi connectivity index (χ1v) is 9.95. The van der Waals surface area contributed by atoms with Crippen molar-refractivity contribution in [2.24, 2.45) is 11.8 Å². The maximum absolute atomic E-state index is 12.1. The normalized spacial score (nSPS) is 23.3. The van der Waals surface area contributed by atoms with E-state index in [9.17, 15) is 9.90 Å². The monoisotopic (exact) mass is 389 g/mol. The fourth-order valence-electron chi connectivity index (χ4n) is 3.69. The number of hydrogen-bond acceptors (Lipinski definition) is 5. The Morgan fingerprint density at radius 2 is 2.23 bits per heavy atom. The molecule has 1 aromatic carbocycles. The molecule has 1 saturated carbocycles. The molecule has 2 aromatic rings. The van der Waals surface area contributed by atoms with Gasteiger partial charge in [-0.3, -0.25) is 4.79 Å². The molecular weight excluding hydrogens is 370 g/mol. The van der Waals surface area contributed by atoms with Crippen LogP contribution in [0.3, 0.4) is 0 Å². The number of fused-ring (bicyclic) bond motifs is 2. The number of allylic oxidation sites excluding steroid dienone is 1. The van der Waals surface area contributed by atoms with Gasteiger partial charge in [0.1, 0.15) is 0 Å². The smallest absolute Gasteiger partial charge is 0.251 e. The quantitative estimate of drug-likeness (QED) is 0.656. The summed E-state index contributed by atoms with van der Waals surface area (Å²) in [5, 5.41) is 17.7. The summed E-state index contributed by atoms with van der Waals surface area (Å²) in [5.41, 5.74) is 0.526. The molecular formula is C19H20ClN3O2S. The molecule has 2 bridgehead atoms. The molecule has 2 aliphatic carbocycles. The third kappa shape index (κ3) is 3.71. The van der Waals surface area contributed by atoms with Gasteiger partial charge in [0.05, 0.1) is 4.88 Å². The van der Waals surface area contributed by atoms with Gasteiger partial charge in [-0.2, -0.15) is 4.98 Å². The lowest BCUT2D eigenvalue weighted by Gasteiger charge is -2.18. The zero-order valence-electron chi connectivity index (χ0n) is 14.1. The molecule has 26 heavy (non-hydrogen) atoms. The Kier molecular flexibility index (Phi) is 4.87. The van der Waals surface area contributed by atoms with Crippen LogP contribution in [0.4, 0.5) is 5.13 Å². The average molecular weight is 390 g/mol. The standard InChI is InChI=1S/C19H20ClN3O2S/c20-14-3-1-2-13(10-14)17(24)21-7-6-16-18(25)23-19(26-16)22-15-9-11-4-5-12(15)8-11/h1-5,10-12,15,25H,6-9H2,(H,21,24)(H,22,23). The van der Waals surface area contributed by atoms with Crippen LogP contribution in [-0.4, -0.2) is 28.6 Å². The van der Waals surface area contributed by atoms with E-state index in [-0.39, 0.29) is 11.8 Å². The Hall–Kier alpha value is -2.05. The summed E-state index contributed by atoms with van der Waals surface area (Å²) in [6.07, 6.45) is 7.47. The number of amides is 1. The van der Waals surface area contributed by atoms with Crippen LogP contribution in [0, 0.1) is 11.8 Å². The van der Waals surface area contributed by atoms with Crippen LogP contribution in [0.2, 0.25) is 5.02 Å². The molecule has 7 heteroatoms.